The predicted molar refractivity (Wildman–Crippen MR) is 116 cm³/mol. The smallest absolute Gasteiger partial charge is 0.141 e. The van der Waals surface area contributed by atoms with Gasteiger partial charge in [0.25, 0.3) is 0 Å². The fraction of sp³-hybridized carbons (Fsp3) is 0.160. The molecule has 0 aliphatic heterocycles. The zero-order chi connectivity index (χ0) is 19.2. The highest BCUT2D eigenvalue weighted by molar-refractivity contribution is 5.80. The van der Waals surface area contributed by atoms with Crippen LogP contribution < -0.4 is 4.74 Å². The summed E-state index contributed by atoms with van der Waals surface area (Å²) in [5.41, 5.74) is 4.50. The highest BCUT2D eigenvalue weighted by atomic mass is 16.5. The Balaban J connectivity index is 1.51. The van der Waals surface area contributed by atoms with E-state index in [1.54, 1.807) is 0 Å². The van der Waals surface area contributed by atoms with Gasteiger partial charge in [0, 0.05) is 12.1 Å². The van der Waals surface area contributed by atoms with Gasteiger partial charge in [0.05, 0.1) is 17.6 Å². The first-order valence-corrected chi connectivity index (χ1v) is 9.69. The molecule has 1 aromatic heterocycles. The molecule has 3 heteroatoms. The SMILES string of the molecule is C=CCc1ccccc1OCCCn1c(-c2ccccc2)nc2ccccc21. The number of para-hydroxylation sites is 3. The van der Waals surface area contributed by atoms with E-state index in [-0.39, 0.29) is 0 Å². The van der Waals surface area contributed by atoms with E-state index in [0.29, 0.717) is 6.61 Å². The van der Waals surface area contributed by atoms with Gasteiger partial charge >= 0.3 is 0 Å². The van der Waals surface area contributed by atoms with Gasteiger partial charge in [-0.3, -0.25) is 0 Å². The van der Waals surface area contributed by atoms with Crippen LogP contribution in [0.1, 0.15) is 12.0 Å². The van der Waals surface area contributed by atoms with Crippen molar-refractivity contribution in [3.8, 4) is 17.1 Å². The molecule has 0 saturated heterocycles. The Morgan fingerprint density at radius 1 is 0.893 bits per heavy atom. The van der Waals surface area contributed by atoms with Gasteiger partial charge in [0.2, 0.25) is 0 Å². The summed E-state index contributed by atoms with van der Waals surface area (Å²) < 4.78 is 8.36. The molecule has 0 amide bonds. The maximum Gasteiger partial charge on any atom is 0.141 e. The lowest BCUT2D eigenvalue weighted by Gasteiger charge is -2.12. The van der Waals surface area contributed by atoms with E-state index in [1.165, 1.54) is 5.56 Å². The first-order valence-electron chi connectivity index (χ1n) is 9.69. The molecule has 0 saturated carbocycles. The highest BCUT2D eigenvalue weighted by Gasteiger charge is 2.12. The number of nitrogens with zero attached hydrogens (tertiary/aromatic N) is 2. The van der Waals surface area contributed by atoms with Gasteiger partial charge in [-0.2, -0.15) is 0 Å². The normalized spacial score (nSPS) is 10.9. The quantitative estimate of drug-likeness (QED) is 0.286. The van der Waals surface area contributed by atoms with Crippen molar-refractivity contribution in [2.45, 2.75) is 19.4 Å². The van der Waals surface area contributed by atoms with Crippen LogP contribution in [0.3, 0.4) is 0 Å². The van der Waals surface area contributed by atoms with Crippen LogP contribution in [0.2, 0.25) is 0 Å². The van der Waals surface area contributed by atoms with E-state index in [2.05, 4.69) is 59.7 Å². The summed E-state index contributed by atoms with van der Waals surface area (Å²) in [5, 5.41) is 0. The Bertz CT molecular complexity index is 1070. The molecule has 0 aliphatic carbocycles. The molecule has 0 N–H and O–H groups in total. The van der Waals surface area contributed by atoms with Crippen molar-refractivity contribution >= 4 is 11.0 Å². The molecule has 1 heterocycles. The third-order valence-corrected chi connectivity index (χ3v) is 4.81. The number of allylic oxidation sites excluding steroid dienone is 1. The lowest BCUT2D eigenvalue weighted by molar-refractivity contribution is 0.300. The van der Waals surface area contributed by atoms with E-state index in [1.807, 2.05) is 36.4 Å². The van der Waals surface area contributed by atoms with Crippen LogP contribution in [0, 0.1) is 0 Å². The number of imidazole rings is 1. The van der Waals surface area contributed by atoms with Crippen molar-refractivity contribution in [3.05, 3.63) is 97.1 Å². The molecule has 0 unspecified atom stereocenters. The number of fused-ring (bicyclic) bond motifs is 1. The zero-order valence-electron chi connectivity index (χ0n) is 15.9. The summed E-state index contributed by atoms with van der Waals surface area (Å²) in [6, 6.07) is 26.8. The molecule has 0 aliphatic rings. The molecule has 0 atom stereocenters. The fourth-order valence-electron chi connectivity index (χ4n) is 3.48. The predicted octanol–water partition coefficient (Wildman–Crippen LogP) is 5.90. The van der Waals surface area contributed by atoms with Crippen molar-refractivity contribution in [1.82, 2.24) is 9.55 Å². The second-order valence-corrected chi connectivity index (χ2v) is 6.74. The van der Waals surface area contributed by atoms with E-state index in [9.17, 15) is 0 Å². The minimum Gasteiger partial charge on any atom is -0.493 e. The molecule has 0 bridgehead atoms. The molecule has 3 aromatic carbocycles. The molecule has 0 radical (unpaired) electrons. The van der Waals surface area contributed by atoms with E-state index in [4.69, 9.17) is 9.72 Å². The average molecular weight is 368 g/mol. The molecular weight excluding hydrogens is 344 g/mol. The van der Waals surface area contributed by atoms with Crippen molar-refractivity contribution in [2.75, 3.05) is 6.61 Å². The van der Waals surface area contributed by atoms with Crippen LogP contribution in [-0.2, 0) is 13.0 Å². The second kappa shape index (κ2) is 8.57. The third kappa shape index (κ3) is 3.84. The number of benzene rings is 3. The van der Waals surface area contributed by atoms with Crippen molar-refractivity contribution in [1.29, 1.82) is 0 Å². The third-order valence-electron chi connectivity index (χ3n) is 4.81. The maximum atomic E-state index is 6.06. The molecule has 140 valence electrons. The number of rotatable bonds is 8. The van der Waals surface area contributed by atoms with Crippen molar-refractivity contribution < 1.29 is 4.74 Å². The summed E-state index contributed by atoms with van der Waals surface area (Å²) in [6.07, 6.45) is 3.63. The number of aromatic nitrogens is 2. The first-order chi connectivity index (χ1) is 13.9. The largest absolute Gasteiger partial charge is 0.493 e. The van der Waals surface area contributed by atoms with Gasteiger partial charge < -0.3 is 9.30 Å². The summed E-state index contributed by atoms with van der Waals surface area (Å²) in [6.45, 7) is 5.35. The Labute approximate surface area is 165 Å². The second-order valence-electron chi connectivity index (χ2n) is 6.74. The molecule has 0 spiro atoms. The fourth-order valence-corrected chi connectivity index (χ4v) is 3.48. The summed E-state index contributed by atoms with van der Waals surface area (Å²) >= 11 is 0. The zero-order valence-corrected chi connectivity index (χ0v) is 15.9. The van der Waals surface area contributed by atoms with E-state index in [0.717, 1.165) is 47.6 Å². The summed E-state index contributed by atoms with van der Waals surface area (Å²) in [4.78, 5) is 4.87. The lowest BCUT2D eigenvalue weighted by atomic mass is 10.1. The minimum absolute atomic E-state index is 0.662. The number of hydrogen-bond donors (Lipinski definition) is 0. The van der Waals surface area contributed by atoms with E-state index < -0.39 is 0 Å². The van der Waals surface area contributed by atoms with Gasteiger partial charge in [-0.25, -0.2) is 4.98 Å². The molecule has 3 nitrogen and oxygen atoms in total. The average Bonchev–Trinajstić information content (AvgIpc) is 3.12. The Morgan fingerprint density at radius 3 is 2.50 bits per heavy atom. The molecule has 28 heavy (non-hydrogen) atoms. The van der Waals surface area contributed by atoms with Crippen molar-refractivity contribution in [3.63, 3.8) is 0 Å². The number of aryl methyl sites for hydroxylation is 1. The summed E-state index contributed by atoms with van der Waals surface area (Å²) in [7, 11) is 0. The van der Waals surface area contributed by atoms with Gasteiger partial charge in [0.15, 0.2) is 0 Å². The maximum absolute atomic E-state index is 6.06. The van der Waals surface area contributed by atoms with E-state index >= 15 is 0 Å². The molecular formula is C25H24N2O. The minimum atomic E-state index is 0.662. The van der Waals surface area contributed by atoms with Gasteiger partial charge in [0.1, 0.15) is 11.6 Å². The Hall–Kier alpha value is -3.33. The molecule has 0 fully saturated rings. The lowest BCUT2D eigenvalue weighted by Crippen LogP contribution is -2.07. The Morgan fingerprint density at radius 2 is 1.64 bits per heavy atom. The standard InChI is InChI=1S/C25H24N2O/c1-2-11-20-12-6-9-17-24(20)28-19-10-18-27-23-16-8-7-15-22(23)26-25(27)21-13-4-3-5-14-21/h2-9,12-17H,1,10-11,18-19H2. The molecule has 4 aromatic rings. The van der Waals surface area contributed by atoms with Gasteiger partial charge in [-0.15, -0.1) is 6.58 Å². The topological polar surface area (TPSA) is 27.1 Å². The van der Waals surface area contributed by atoms with Gasteiger partial charge in [-0.05, 0) is 36.6 Å². The van der Waals surface area contributed by atoms with Crippen LogP contribution in [-0.4, -0.2) is 16.2 Å². The Kier molecular flexibility index (Phi) is 5.53. The number of ether oxygens (including phenoxy) is 1. The van der Waals surface area contributed by atoms with Crippen LogP contribution in [0.5, 0.6) is 5.75 Å². The van der Waals surface area contributed by atoms with Crippen LogP contribution >= 0.6 is 0 Å². The first kappa shape index (κ1) is 18.1. The molecule has 4 rings (SSSR count). The summed E-state index contributed by atoms with van der Waals surface area (Å²) in [5.74, 6) is 1.95. The van der Waals surface area contributed by atoms with Crippen LogP contribution in [0.4, 0.5) is 0 Å². The highest BCUT2D eigenvalue weighted by Crippen LogP contribution is 2.25. The van der Waals surface area contributed by atoms with Gasteiger partial charge in [-0.1, -0.05) is 66.7 Å². The monoisotopic (exact) mass is 368 g/mol. The number of hydrogen-bond acceptors (Lipinski definition) is 2. The van der Waals surface area contributed by atoms with Crippen LogP contribution in [0.25, 0.3) is 22.4 Å². The van der Waals surface area contributed by atoms with Crippen LogP contribution in [0.15, 0.2) is 91.5 Å². The van der Waals surface area contributed by atoms with Crippen molar-refractivity contribution in [2.24, 2.45) is 0 Å².